The molecule has 0 fully saturated rings. The van der Waals surface area contributed by atoms with Crippen LogP contribution in [-0.2, 0) is 14.3 Å². The lowest BCUT2D eigenvalue weighted by Crippen LogP contribution is -2.52. The SMILES string of the molecule is C=CC[C@]1(C(=O)NNCCCOC(C)C)N=C(c2ccc(OCCCO)cc2)O[C@H]1c1ccccc1Br. The van der Waals surface area contributed by atoms with Gasteiger partial charge in [-0.1, -0.05) is 40.2 Å². The highest BCUT2D eigenvalue weighted by Crippen LogP contribution is 2.44. The monoisotopic (exact) mass is 573 g/mol. The molecule has 0 aliphatic carbocycles. The summed E-state index contributed by atoms with van der Waals surface area (Å²) in [7, 11) is 0. The fourth-order valence-corrected chi connectivity index (χ4v) is 4.42. The van der Waals surface area contributed by atoms with Crippen LogP contribution < -0.4 is 15.6 Å². The molecule has 9 heteroatoms. The summed E-state index contributed by atoms with van der Waals surface area (Å²) in [5.74, 6) is 0.737. The van der Waals surface area contributed by atoms with Crippen molar-refractivity contribution in [2.24, 2.45) is 4.99 Å². The third-order valence-electron chi connectivity index (χ3n) is 5.77. The number of aliphatic hydroxyl groups excluding tert-OH is 1. The smallest absolute Gasteiger partial charge is 0.266 e. The molecule has 3 rings (SSSR count). The second-order valence-electron chi connectivity index (χ2n) is 8.96. The van der Waals surface area contributed by atoms with Gasteiger partial charge in [-0.2, -0.15) is 0 Å². The van der Waals surface area contributed by atoms with Crippen LogP contribution in [0.2, 0.25) is 0 Å². The number of hydrogen-bond acceptors (Lipinski definition) is 7. The number of carbonyl (C=O) groups is 1. The minimum absolute atomic E-state index is 0.0766. The van der Waals surface area contributed by atoms with Gasteiger partial charge in [0.15, 0.2) is 11.6 Å². The Morgan fingerprint density at radius 3 is 2.65 bits per heavy atom. The maximum Gasteiger partial charge on any atom is 0.266 e. The van der Waals surface area contributed by atoms with Crippen molar-refractivity contribution in [3.63, 3.8) is 0 Å². The van der Waals surface area contributed by atoms with Gasteiger partial charge in [-0.25, -0.2) is 10.4 Å². The Balaban J connectivity index is 1.85. The Kier molecular flexibility index (Phi) is 11.1. The number of aliphatic hydroxyl groups is 1. The van der Waals surface area contributed by atoms with E-state index in [0.717, 1.165) is 22.0 Å². The Morgan fingerprint density at radius 1 is 1.22 bits per heavy atom. The van der Waals surface area contributed by atoms with E-state index in [1.807, 2.05) is 62.4 Å². The molecule has 0 spiro atoms. The number of halogens is 1. The predicted molar refractivity (Wildman–Crippen MR) is 148 cm³/mol. The van der Waals surface area contributed by atoms with Crippen LogP contribution in [0.15, 0.2) is 70.7 Å². The number of hydrogen-bond donors (Lipinski definition) is 3. The largest absolute Gasteiger partial charge is 0.494 e. The molecular formula is C28H36BrN3O5. The molecule has 0 aromatic heterocycles. The summed E-state index contributed by atoms with van der Waals surface area (Å²) in [5.41, 5.74) is 6.11. The normalized spacial score (nSPS) is 18.8. The summed E-state index contributed by atoms with van der Waals surface area (Å²) in [4.78, 5) is 18.5. The van der Waals surface area contributed by atoms with Gasteiger partial charge in [-0.15, -0.1) is 6.58 Å². The molecule has 3 N–H and O–H groups in total. The van der Waals surface area contributed by atoms with Crippen LogP contribution in [0.1, 0.15) is 50.3 Å². The van der Waals surface area contributed by atoms with Crippen molar-refractivity contribution in [1.82, 2.24) is 10.9 Å². The van der Waals surface area contributed by atoms with Gasteiger partial charge in [0.05, 0.1) is 12.7 Å². The summed E-state index contributed by atoms with van der Waals surface area (Å²) in [6, 6.07) is 15.0. The van der Waals surface area contributed by atoms with E-state index in [-0.39, 0.29) is 25.0 Å². The van der Waals surface area contributed by atoms with Gasteiger partial charge < -0.3 is 19.3 Å². The Labute approximate surface area is 227 Å². The topological polar surface area (TPSA) is 101 Å². The van der Waals surface area contributed by atoms with Crippen LogP contribution in [0.4, 0.5) is 0 Å². The first-order chi connectivity index (χ1) is 17.9. The lowest BCUT2D eigenvalue weighted by Gasteiger charge is -2.30. The van der Waals surface area contributed by atoms with Crippen LogP contribution in [0.25, 0.3) is 0 Å². The molecule has 0 radical (unpaired) electrons. The van der Waals surface area contributed by atoms with E-state index < -0.39 is 11.6 Å². The highest BCUT2D eigenvalue weighted by Gasteiger charge is 2.53. The number of amides is 1. The van der Waals surface area contributed by atoms with E-state index >= 15 is 0 Å². The third kappa shape index (κ3) is 7.64. The fraction of sp³-hybridized carbons (Fsp3) is 0.429. The second kappa shape index (κ2) is 14.3. The minimum Gasteiger partial charge on any atom is -0.494 e. The molecule has 1 aliphatic rings. The van der Waals surface area contributed by atoms with Crippen molar-refractivity contribution < 1.29 is 24.1 Å². The molecule has 1 amide bonds. The standard InChI is InChI=1S/C28H36BrN3O5/c1-4-15-28(27(34)32-30-16-7-18-35-20(2)3)25(23-9-5-6-10-24(23)29)37-26(31-28)21-11-13-22(14-12-21)36-19-8-17-33/h4-6,9-14,20,25,30,33H,1,7-8,15-19H2,2-3H3,(H,32,34)/t25-,28-/m0/s1. The van der Waals surface area contributed by atoms with E-state index in [1.54, 1.807) is 6.08 Å². The van der Waals surface area contributed by atoms with Gasteiger partial charge in [-0.3, -0.25) is 10.2 Å². The molecule has 200 valence electrons. The number of aliphatic imine (C=N–C) groups is 1. The zero-order valence-corrected chi connectivity index (χ0v) is 23.0. The lowest BCUT2D eigenvalue weighted by atomic mass is 9.84. The maximum atomic E-state index is 13.7. The molecule has 0 saturated heterocycles. The number of rotatable bonds is 15. The van der Waals surface area contributed by atoms with E-state index in [4.69, 9.17) is 24.3 Å². The number of carbonyl (C=O) groups excluding carboxylic acids is 1. The molecule has 2 aromatic carbocycles. The summed E-state index contributed by atoms with van der Waals surface area (Å²) in [6.07, 6.45) is 2.76. The van der Waals surface area contributed by atoms with Crippen molar-refractivity contribution in [2.45, 2.75) is 50.9 Å². The zero-order chi connectivity index (χ0) is 26.7. The van der Waals surface area contributed by atoms with Crippen molar-refractivity contribution in [1.29, 1.82) is 0 Å². The zero-order valence-electron chi connectivity index (χ0n) is 21.4. The number of nitrogens with zero attached hydrogens (tertiary/aromatic N) is 1. The highest BCUT2D eigenvalue weighted by atomic mass is 79.9. The highest BCUT2D eigenvalue weighted by molar-refractivity contribution is 9.10. The average molecular weight is 575 g/mol. The van der Waals surface area contributed by atoms with Crippen LogP contribution >= 0.6 is 15.9 Å². The fourth-order valence-electron chi connectivity index (χ4n) is 3.93. The van der Waals surface area contributed by atoms with Crippen molar-refractivity contribution in [2.75, 3.05) is 26.4 Å². The van der Waals surface area contributed by atoms with Crippen LogP contribution in [0.5, 0.6) is 5.75 Å². The first-order valence-electron chi connectivity index (χ1n) is 12.5. The third-order valence-corrected chi connectivity index (χ3v) is 6.49. The van der Waals surface area contributed by atoms with Gasteiger partial charge in [0, 0.05) is 48.2 Å². The van der Waals surface area contributed by atoms with E-state index in [2.05, 4.69) is 33.4 Å². The molecule has 2 atom stereocenters. The van der Waals surface area contributed by atoms with Gasteiger partial charge in [0.1, 0.15) is 5.75 Å². The van der Waals surface area contributed by atoms with Gasteiger partial charge in [-0.05, 0) is 50.6 Å². The molecular weight excluding hydrogens is 538 g/mol. The first kappa shape index (κ1) is 28.8. The van der Waals surface area contributed by atoms with Gasteiger partial charge in [0.2, 0.25) is 5.90 Å². The summed E-state index contributed by atoms with van der Waals surface area (Å²) < 4.78 is 18.4. The Bertz CT molecular complexity index is 1060. The minimum atomic E-state index is -1.27. The summed E-state index contributed by atoms with van der Waals surface area (Å²) in [5, 5.41) is 8.95. The van der Waals surface area contributed by atoms with Crippen molar-refractivity contribution in [3.05, 3.63) is 76.8 Å². The molecule has 0 unspecified atom stereocenters. The van der Waals surface area contributed by atoms with Crippen molar-refractivity contribution in [3.8, 4) is 5.75 Å². The number of ether oxygens (including phenoxy) is 3. The first-order valence-corrected chi connectivity index (χ1v) is 13.3. The number of benzene rings is 2. The van der Waals surface area contributed by atoms with E-state index in [1.165, 1.54) is 0 Å². The number of hydrazine groups is 1. The maximum absolute atomic E-state index is 13.7. The van der Waals surface area contributed by atoms with E-state index in [0.29, 0.717) is 37.8 Å². The Morgan fingerprint density at radius 2 is 1.97 bits per heavy atom. The summed E-state index contributed by atoms with van der Waals surface area (Å²) >= 11 is 3.61. The second-order valence-corrected chi connectivity index (χ2v) is 9.81. The number of nitrogens with one attached hydrogen (secondary N) is 2. The lowest BCUT2D eigenvalue weighted by molar-refractivity contribution is -0.129. The Hall–Kier alpha value is -2.72. The molecule has 0 saturated carbocycles. The molecule has 0 bridgehead atoms. The van der Waals surface area contributed by atoms with Crippen molar-refractivity contribution >= 4 is 27.7 Å². The predicted octanol–water partition coefficient (Wildman–Crippen LogP) is 4.48. The molecule has 1 heterocycles. The molecule has 8 nitrogen and oxygen atoms in total. The van der Waals surface area contributed by atoms with Crippen LogP contribution in [-0.4, -0.2) is 54.9 Å². The summed E-state index contributed by atoms with van der Waals surface area (Å²) in [6.45, 7) is 9.53. The average Bonchev–Trinajstić information content (AvgIpc) is 3.27. The van der Waals surface area contributed by atoms with E-state index in [9.17, 15) is 4.79 Å². The molecule has 1 aliphatic heterocycles. The molecule has 2 aromatic rings. The van der Waals surface area contributed by atoms with Crippen LogP contribution in [0.3, 0.4) is 0 Å². The van der Waals surface area contributed by atoms with Gasteiger partial charge >= 0.3 is 0 Å². The molecule has 37 heavy (non-hydrogen) atoms. The van der Waals surface area contributed by atoms with Crippen LogP contribution in [0, 0.1) is 0 Å². The quantitative estimate of drug-likeness (QED) is 0.165. The van der Waals surface area contributed by atoms with Gasteiger partial charge in [0.25, 0.3) is 5.91 Å².